The van der Waals surface area contributed by atoms with Crippen molar-refractivity contribution in [1.29, 1.82) is 0 Å². The van der Waals surface area contributed by atoms with Gasteiger partial charge in [0.25, 0.3) is 0 Å². The van der Waals surface area contributed by atoms with Gasteiger partial charge in [-0.15, -0.1) is 0 Å². The molecule has 0 saturated carbocycles. The van der Waals surface area contributed by atoms with Gasteiger partial charge in [0.15, 0.2) is 0 Å². The highest BCUT2D eigenvalue weighted by molar-refractivity contribution is 6.31. The average Bonchev–Trinajstić information content (AvgIpc) is 2.47. The molecule has 21 heavy (non-hydrogen) atoms. The topological polar surface area (TPSA) is 35.6 Å². The van der Waals surface area contributed by atoms with Crippen molar-refractivity contribution in [2.75, 3.05) is 37.4 Å². The fraction of sp³-hybridized carbons (Fsp3) is 0.562. The number of halogens is 1. The predicted molar refractivity (Wildman–Crippen MR) is 89.3 cm³/mol. The number of anilines is 2. The lowest BCUT2D eigenvalue weighted by Gasteiger charge is -2.31. The van der Waals surface area contributed by atoms with Gasteiger partial charge in [0, 0.05) is 19.1 Å². The quantitative estimate of drug-likeness (QED) is 0.927. The van der Waals surface area contributed by atoms with Crippen LogP contribution in [0.1, 0.15) is 26.2 Å². The number of carbonyl (C=O) groups is 1. The second-order valence-electron chi connectivity index (χ2n) is 5.82. The fourth-order valence-corrected chi connectivity index (χ4v) is 2.88. The van der Waals surface area contributed by atoms with Crippen molar-refractivity contribution < 1.29 is 4.79 Å². The Morgan fingerprint density at radius 1 is 1.29 bits per heavy atom. The molecule has 1 fully saturated rings. The Kier molecular flexibility index (Phi) is 5.48. The summed E-state index contributed by atoms with van der Waals surface area (Å²) in [6.07, 6.45) is 3.62. The van der Waals surface area contributed by atoms with Crippen LogP contribution in [-0.4, -0.2) is 44.0 Å². The van der Waals surface area contributed by atoms with E-state index in [1.165, 1.54) is 19.3 Å². The molecule has 1 aromatic rings. The van der Waals surface area contributed by atoms with E-state index in [4.69, 9.17) is 11.6 Å². The van der Waals surface area contributed by atoms with Crippen LogP contribution >= 0.6 is 11.6 Å². The molecular weight excluding hydrogens is 286 g/mol. The molecule has 5 heteroatoms. The molecule has 0 spiro atoms. The highest BCUT2D eigenvalue weighted by Gasteiger charge is 2.23. The number of nitrogens with one attached hydrogen (secondary N) is 1. The third-order valence-electron chi connectivity index (χ3n) is 4.02. The van der Waals surface area contributed by atoms with E-state index in [1.54, 1.807) is 6.07 Å². The Balaban J connectivity index is 2.09. The number of hydrogen-bond acceptors (Lipinski definition) is 3. The van der Waals surface area contributed by atoms with E-state index in [-0.39, 0.29) is 11.9 Å². The molecule has 116 valence electrons. The maximum atomic E-state index is 12.5. The van der Waals surface area contributed by atoms with Gasteiger partial charge in [0.1, 0.15) is 0 Å². The van der Waals surface area contributed by atoms with Crippen LogP contribution in [0.2, 0.25) is 5.02 Å². The number of benzene rings is 1. The zero-order chi connectivity index (χ0) is 15.4. The summed E-state index contributed by atoms with van der Waals surface area (Å²) < 4.78 is 0. The van der Waals surface area contributed by atoms with Crippen molar-refractivity contribution in [3.63, 3.8) is 0 Å². The Morgan fingerprint density at radius 3 is 2.57 bits per heavy atom. The minimum Gasteiger partial charge on any atom is -0.376 e. The zero-order valence-electron chi connectivity index (χ0n) is 13.0. The number of piperidine rings is 1. The van der Waals surface area contributed by atoms with Crippen molar-refractivity contribution >= 4 is 28.9 Å². The van der Waals surface area contributed by atoms with Gasteiger partial charge in [0.2, 0.25) is 5.91 Å². The molecule has 4 nitrogen and oxygen atoms in total. The van der Waals surface area contributed by atoms with Gasteiger partial charge in [-0.3, -0.25) is 9.69 Å². The molecule has 1 unspecified atom stereocenters. The van der Waals surface area contributed by atoms with Crippen LogP contribution in [0.15, 0.2) is 18.2 Å². The molecule has 1 aliphatic heterocycles. The summed E-state index contributed by atoms with van der Waals surface area (Å²) in [6.45, 7) is 3.98. The molecule has 1 N–H and O–H groups in total. The van der Waals surface area contributed by atoms with Crippen LogP contribution < -0.4 is 10.2 Å². The van der Waals surface area contributed by atoms with E-state index in [2.05, 4.69) is 10.2 Å². The first-order chi connectivity index (χ1) is 9.99. The van der Waals surface area contributed by atoms with E-state index in [0.717, 1.165) is 24.5 Å². The van der Waals surface area contributed by atoms with Crippen LogP contribution in [0.5, 0.6) is 0 Å². The number of amides is 1. The monoisotopic (exact) mass is 309 g/mol. The number of rotatable bonds is 4. The lowest BCUT2D eigenvalue weighted by atomic mass is 10.1. The van der Waals surface area contributed by atoms with Crippen LogP contribution in [-0.2, 0) is 4.79 Å². The summed E-state index contributed by atoms with van der Waals surface area (Å²) in [7, 11) is 3.90. The average molecular weight is 310 g/mol. The smallest absolute Gasteiger partial charge is 0.241 e. The van der Waals surface area contributed by atoms with Crippen molar-refractivity contribution in [3.8, 4) is 0 Å². The minimum atomic E-state index is -0.112. The van der Waals surface area contributed by atoms with E-state index < -0.39 is 0 Å². The van der Waals surface area contributed by atoms with E-state index in [1.807, 2.05) is 38.1 Å². The molecular formula is C16H24ClN3O. The molecule has 1 heterocycles. The maximum Gasteiger partial charge on any atom is 0.241 e. The summed E-state index contributed by atoms with van der Waals surface area (Å²) in [4.78, 5) is 16.7. The first-order valence-electron chi connectivity index (χ1n) is 7.51. The summed E-state index contributed by atoms with van der Waals surface area (Å²) >= 11 is 6.05. The molecule has 0 aromatic heterocycles. The van der Waals surface area contributed by atoms with E-state index >= 15 is 0 Å². The Bertz CT molecular complexity index is 498. The molecule has 1 aromatic carbocycles. The van der Waals surface area contributed by atoms with Gasteiger partial charge in [-0.1, -0.05) is 18.0 Å². The van der Waals surface area contributed by atoms with Gasteiger partial charge in [-0.25, -0.2) is 0 Å². The summed E-state index contributed by atoms with van der Waals surface area (Å²) in [6, 6.07) is 5.45. The van der Waals surface area contributed by atoms with Crippen molar-refractivity contribution in [1.82, 2.24) is 4.90 Å². The first kappa shape index (κ1) is 16.1. The number of carbonyl (C=O) groups excluding carboxylic acids is 1. The molecule has 2 rings (SSSR count). The standard InChI is InChI=1S/C16H24ClN3O/c1-12(20-9-5-4-6-10-20)16(21)18-14-11-13(17)7-8-15(14)19(2)3/h7-8,11-12H,4-6,9-10H2,1-3H3,(H,18,21). The van der Waals surface area contributed by atoms with Crippen molar-refractivity contribution in [2.45, 2.75) is 32.2 Å². The van der Waals surface area contributed by atoms with Gasteiger partial charge >= 0.3 is 0 Å². The van der Waals surface area contributed by atoms with Crippen molar-refractivity contribution in [2.24, 2.45) is 0 Å². The Hall–Kier alpha value is -1.26. The lowest BCUT2D eigenvalue weighted by Crippen LogP contribution is -2.44. The highest BCUT2D eigenvalue weighted by Crippen LogP contribution is 2.28. The number of nitrogens with zero attached hydrogens (tertiary/aromatic N) is 2. The van der Waals surface area contributed by atoms with E-state index in [9.17, 15) is 4.79 Å². The normalized spacial score (nSPS) is 17.3. The number of hydrogen-bond donors (Lipinski definition) is 1. The van der Waals surface area contributed by atoms with Gasteiger partial charge in [-0.05, 0) is 51.1 Å². The molecule has 1 amide bonds. The zero-order valence-corrected chi connectivity index (χ0v) is 13.8. The summed E-state index contributed by atoms with van der Waals surface area (Å²) in [5.74, 6) is 0.0299. The van der Waals surface area contributed by atoms with Gasteiger partial charge < -0.3 is 10.2 Å². The van der Waals surface area contributed by atoms with Gasteiger partial charge in [-0.2, -0.15) is 0 Å². The lowest BCUT2D eigenvalue weighted by molar-refractivity contribution is -0.121. The Morgan fingerprint density at radius 2 is 1.95 bits per heavy atom. The third-order valence-corrected chi connectivity index (χ3v) is 4.25. The predicted octanol–water partition coefficient (Wildman–Crippen LogP) is 3.22. The van der Waals surface area contributed by atoms with E-state index in [0.29, 0.717) is 5.02 Å². The first-order valence-corrected chi connectivity index (χ1v) is 7.88. The summed E-state index contributed by atoms with van der Waals surface area (Å²) in [5, 5.41) is 3.65. The molecule has 0 bridgehead atoms. The van der Waals surface area contributed by atoms with Crippen LogP contribution in [0, 0.1) is 0 Å². The Labute approximate surface area is 132 Å². The minimum absolute atomic E-state index is 0.0299. The summed E-state index contributed by atoms with van der Waals surface area (Å²) in [5.41, 5.74) is 1.72. The molecule has 0 radical (unpaired) electrons. The van der Waals surface area contributed by atoms with Crippen LogP contribution in [0.3, 0.4) is 0 Å². The molecule has 1 saturated heterocycles. The van der Waals surface area contributed by atoms with Gasteiger partial charge in [0.05, 0.1) is 17.4 Å². The molecule has 1 atom stereocenters. The third kappa shape index (κ3) is 4.11. The second-order valence-corrected chi connectivity index (χ2v) is 6.25. The van der Waals surface area contributed by atoms with Crippen molar-refractivity contribution in [3.05, 3.63) is 23.2 Å². The van der Waals surface area contributed by atoms with Crippen LogP contribution in [0.4, 0.5) is 11.4 Å². The maximum absolute atomic E-state index is 12.5. The SMILES string of the molecule is CC(C(=O)Nc1cc(Cl)ccc1N(C)C)N1CCCCC1. The molecule has 0 aliphatic carbocycles. The number of likely N-dealkylation sites (tertiary alicyclic amines) is 1. The second kappa shape index (κ2) is 7.14. The molecule has 1 aliphatic rings. The largest absolute Gasteiger partial charge is 0.376 e. The fourth-order valence-electron chi connectivity index (χ4n) is 2.71. The van der Waals surface area contributed by atoms with Crippen LogP contribution in [0.25, 0.3) is 0 Å². The highest BCUT2D eigenvalue weighted by atomic mass is 35.5.